The quantitative estimate of drug-likeness (QED) is 0.808. The number of Topliss-reactive ketones (excluding diaryl/α,β-unsaturated/α-hetero) is 1. The molecule has 4 nitrogen and oxygen atoms in total. The Morgan fingerprint density at radius 3 is 2.90 bits per heavy atom. The molecule has 1 fully saturated rings. The van der Waals surface area contributed by atoms with Crippen molar-refractivity contribution in [2.24, 2.45) is 0 Å². The maximum atomic E-state index is 11.5. The van der Waals surface area contributed by atoms with Gasteiger partial charge in [0.05, 0.1) is 7.11 Å². The third-order valence-corrected chi connectivity index (χ3v) is 3.82. The van der Waals surface area contributed by atoms with Crippen LogP contribution in [0.1, 0.15) is 35.7 Å². The summed E-state index contributed by atoms with van der Waals surface area (Å²) in [7, 11) is 3.78. The molecule has 1 atom stereocenters. The summed E-state index contributed by atoms with van der Waals surface area (Å²) >= 11 is 0. The van der Waals surface area contributed by atoms with Gasteiger partial charge < -0.3 is 15.0 Å². The van der Waals surface area contributed by atoms with E-state index in [1.807, 2.05) is 18.2 Å². The number of nitrogens with zero attached hydrogens (tertiary/aromatic N) is 1. The molecule has 4 heteroatoms. The molecule has 1 unspecified atom stereocenters. The summed E-state index contributed by atoms with van der Waals surface area (Å²) in [6.07, 6.45) is 2.51. The van der Waals surface area contributed by atoms with E-state index in [9.17, 15) is 4.79 Å². The first-order valence-electron chi connectivity index (χ1n) is 7.20. The smallest absolute Gasteiger partial charge is 0.159 e. The van der Waals surface area contributed by atoms with Gasteiger partial charge in [-0.05, 0) is 51.6 Å². The molecule has 0 saturated carbocycles. The van der Waals surface area contributed by atoms with Crippen molar-refractivity contribution in [2.75, 3.05) is 27.2 Å². The average Bonchev–Trinajstić information content (AvgIpc) is 2.91. The fourth-order valence-corrected chi connectivity index (χ4v) is 2.77. The lowest BCUT2D eigenvalue weighted by Gasteiger charge is -2.22. The zero-order chi connectivity index (χ0) is 14.5. The van der Waals surface area contributed by atoms with Crippen LogP contribution in [-0.2, 0) is 6.54 Å². The van der Waals surface area contributed by atoms with Crippen molar-refractivity contribution < 1.29 is 9.53 Å². The molecular formula is C16H24N2O2. The summed E-state index contributed by atoms with van der Waals surface area (Å²) in [6.45, 7) is 4.54. The second kappa shape index (κ2) is 6.86. The van der Waals surface area contributed by atoms with Crippen LogP contribution >= 0.6 is 0 Å². The molecule has 110 valence electrons. The maximum Gasteiger partial charge on any atom is 0.159 e. The number of hydrogen-bond acceptors (Lipinski definition) is 4. The Balaban J connectivity index is 2.05. The van der Waals surface area contributed by atoms with Crippen molar-refractivity contribution >= 4 is 5.78 Å². The topological polar surface area (TPSA) is 41.6 Å². The van der Waals surface area contributed by atoms with Crippen molar-refractivity contribution in [2.45, 2.75) is 32.4 Å². The lowest BCUT2D eigenvalue weighted by atomic mass is 10.1. The zero-order valence-corrected chi connectivity index (χ0v) is 12.6. The van der Waals surface area contributed by atoms with Crippen LogP contribution in [0, 0.1) is 0 Å². The number of ether oxygens (including phenoxy) is 1. The van der Waals surface area contributed by atoms with Gasteiger partial charge in [-0.2, -0.15) is 0 Å². The molecule has 1 heterocycles. The molecule has 1 saturated heterocycles. The standard InChI is InChI=1S/C16H24N2O2/c1-12(19)13-6-7-16(20-3)14(9-13)10-18(2)11-15-5-4-8-17-15/h6-7,9,15,17H,4-5,8,10-11H2,1-3H3. The molecule has 1 N–H and O–H groups in total. The van der Waals surface area contributed by atoms with Crippen molar-refractivity contribution in [3.8, 4) is 5.75 Å². The molecule has 1 aromatic rings. The lowest BCUT2D eigenvalue weighted by Crippen LogP contribution is -2.35. The highest BCUT2D eigenvalue weighted by Gasteiger charge is 2.17. The van der Waals surface area contributed by atoms with Crippen molar-refractivity contribution in [1.82, 2.24) is 10.2 Å². The first kappa shape index (κ1) is 15.0. The van der Waals surface area contributed by atoms with E-state index < -0.39 is 0 Å². The van der Waals surface area contributed by atoms with Crippen molar-refractivity contribution in [1.29, 1.82) is 0 Å². The summed E-state index contributed by atoms with van der Waals surface area (Å²) in [5.41, 5.74) is 1.81. The molecular weight excluding hydrogens is 252 g/mol. The number of nitrogens with one attached hydrogen (secondary N) is 1. The monoisotopic (exact) mass is 276 g/mol. The second-order valence-electron chi connectivity index (χ2n) is 5.57. The fourth-order valence-electron chi connectivity index (χ4n) is 2.77. The predicted molar refractivity (Wildman–Crippen MR) is 80.4 cm³/mol. The average molecular weight is 276 g/mol. The molecule has 20 heavy (non-hydrogen) atoms. The van der Waals surface area contributed by atoms with E-state index in [1.165, 1.54) is 12.8 Å². The van der Waals surface area contributed by atoms with E-state index >= 15 is 0 Å². The molecule has 0 spiro atoms. The highest BCUT2D eigenvalue weighted by Crippen LogP contribution is 2.22. The SMILES string of the molecule is COc1ccc(C(C)=O)cc1CN(C)CC1CCCN1. The Morgan fingerprint density at radius 2 is 2.30 bits per heavy atom. The van der Waals surface area contributed by atoms with E-state index in [2.05, 4.69) is 17.3 Å². The van der Waals surface area contributed by atoms with Crippen LogP contribution in [-0.4, -0.2) is 44.0 Å². The number of carbonyl (C=O) groups is 1. The van der Waals surface area contributed by atoms with Gasteiger partial charge in [-0.25, -0.2) is 0 Å². The molecule has 0 aliphatic carbocycles. The molecule has 0 aromatic heterocycles. The van der Waals surface area contributed by atoms with Gasteiger partial charge in [0.2, 0.25) is 0 Å². The van der Waals surface area contributed by atoms with Crippen LogP contribution in [0.15, 0.2) is 18.2 Å². The van der Waals surface area contributed by atoms with Crippen LogP contribution in [0.3, 0.4) is 0 Å². The largest absolute Gasteiger partial charge is 0.496 e. The van der Waals surface area contributed by atoms with Gasteiger partial charge in [0.1, 0.15) is 5.75 Å². The lowest BCUT2D eigenvalue weighted by molar-refractivity contribution is 0.101. The van der Waals surface area contributed by atoms with Crippen LogP contribution < -0.4 is 10.1 Å². The summed E-state index contributed by atoms with van der Waals surface area (Å²) in [6, 6.07) is 6.23. The first-order chi connectivity index (χ1) is 9.60. The Bertz CT molecular complexity index is 468. The first-order valence-corrected chi connectivity index (χ1v) is 7.20. The third-order valence-electron chi connectivity index (χ3n) is 3.82. The van der Waals surface area contributed by atoms with Gasteiger partial charge in [0, 0.05) is 30.3 Å². The number of benzene rings is 1. The van der Waals surface area contributed by atoms with Gasteiger partial charge >= 0.3 is 0 Å². The number of rotatable bonds is 6. The molecule has 0 amide bonds. The van der Waals surface area contributed by atoms with Crippen LogP contribution in [0.4, 0.5) is 0 Å². The maximum absolute atomic E-state index is 11.5. The van der Waals surface area contributed by atoms with Gasteiger partial charge in [-0.15, -0.1) is 0 Å². The van der Waals surface area contributed by atoms with Crippen molar-refractivity contribution in [3.63, 3.8) is 0 Å². The van der Waals surface area contributed by atoms with Crippen molar-refractivity contribution in [3.05, 3.63) is 29.3 Å². The van der Waals surface area contributed by atoms with Crippen LogP contribution in [0.2, 0.25) is 0 Å². The Hall–Kier alpha value is -1.39. The van der Waals surface area contributed by atoms with Crippen LogP contribution in [0.25, 0.3) is 0 Å². The van der Waals surface area contributed by atoms with Gasteiger partial charge in [0.15, 0.2) is 5.78 Å². The summed E-state index contributed by atoms with van der Waals surface area (Å²) in [4.78, 5) is 13.8. The molecule has 1 aliphatic heterocycles. The Labute approximate surface area is 121 Å². The summed E-state index contributed by atoms with van der Waals surface area (Å²) in [5.74, 6) is 0.940. The van der Waals surface area contributed by atoms with E-state index in [0.29, 0.717) is 6.04 Å². The third kappa shape index (κ3) is 3.81. The highest BCUT2D eigenvalue weighted by atomic mass is 16.5. The number of methoxy groups -OCH3 is 1. The molecule has 2 rings (SSSR count). The number of hydrogen-bond donors (Lipinski definition) is 1. The normalized spacial score (nSPS) is 18.5. The number of likely N-dealkylation sites (N-methyl/N-ethyl adjacent to an activating group) is 1. The minimum atomic E-state index is 0.0917. The Morgan fingerprint density at radius 1 is 1.50 bits per heavy atom. The fraction of sp³-hybridized carbons (Fsp3) is 0.562. The molecule has 0 radical (unpaired) electrons. The highest BCUT2D eigenvalue weighted by molar-refractivity contribution is 5.94. The van der Waals surface area contributed by atoms with Gasteiger partial charge in [0.25, 0.3) is 0 Å². The second-order valence-corrected chi connectivity index (χ2v) is 5.57. The van der Waals surface area contributed by atoms with Gasteiger partial charge in [-0.1, -0.05) is 0 Å². The minimum absolute atomic E-state index is 0.0917. The molecule has 1 aromatic carbocycles. The van der Waals surface area contributed by atoms with Gasteiger partial charge in [-0.3, -0.25) is 4.79 Å². The molecule has 1 aliphatic rings. The minimum Gasteiger partial charge on any atom is -0.496 e. The van der Waals surface area contributed by atoms with E-state index in [4.69, 9.17) is 4.74 Å². The Kier molecular flexibility index (Phi) is 5.15. The molecule has 0 bridgehead atoms. The summed E-state index contributed by atoms with van der Waals surface area (Å²) < 4.78 is 5.40. The van der Waals surface area contributed by atoms with E-state index in [-0.39, 0.29) is 5.78 Å². The predicted octanol–water partition coefficient (Wildman–Crippen LogP) is 2.08. The number of carbonyl (C=O) groups excluding carboxylic acids is 1. The summed E-state index contributed by atoms with van der Waals surface area (Å²) in [5, 5.41) is 3.50. The zero-order valence-electron chi connectivity index (χ0n) is 12.6. The van der Waals surface area contributed by atoms with Crippen LogP contribution in [0.5, 0.6) is 5.75 Å². The number of ketones is 1. The van der Waals surface area contributed by atoms with E-state index in [1.54, 1.807) is 14.0 Å². The van der Waals surface area contributed by atoms with E-state index in [0.717, 1.165) is 36.5 Å².